The first kappa shape index (κ1) is 13.5. The van der Waals surface area contributed by atoms with Crippen LogP contribution in [0, 0.1) is 11.8 Å². The van der Waals surface area contributed by atoms with Gasteiger partial charge in [0.15, 0.2) is 0 Å². The summed E-state index contributed by atoms with van der Waals surface area (Å²) < 4.78 is 5.47. The van der Waals surface area contributed by atoms with Gasteiger partial charge in [-0.2, -0.15) is 0 Å². The van der Waals surface area contributed by atoms with Crippen molar-refractivity contribution in [3.05, 3.63) is 0 Å². The summed E-state index contributed by atoms with van der Waals surface area (Å²) in [5.41, 5.74) is 5.32. The van der Waals surface area contributed by atoms with Crippen molar-refractivity contribution in [3.8, 4) is 0 Å². The van der Waals surface area contributed by atoms with Crippen LogP contribution < -0.4 is 5.73 Å². The molecule has 0 amide bonds. The highest BCUT2D eigenvalue weighted by molar-refractivity contribution is 5.70. The summed E-state index contributed by atoms with van der Waals surface area (Å²) in [4.78, 5) is 11.6. The van der Waals surface area contributed by atoms with Crippen LogP contribution in [0.25, 0.3) is 0 Å². The minimum atomic E-state index is -0.468. The zero-order valence-corrected chi connectivity index (χ0v) is 11.0. The minimum absolute atomic E-state index is 0.112. The summed E-state index contributed by atoms with van der Waals surface area (Å²) in [6.45, 7) is 8.20. The van der Waals surface area contributed by atoms with Crippen molar-refractivity contribution in [2.24, 2.45) is 17.6 Å². The van der Waals surface area contributed by atoms with Crippen LogP contribution in [0.15, 0.2) is 0 Å². The Labute approximate surface area is 98.7 Å². The van der Waals surface area contributed by atoms with Crippen LogP contribution >= 0.6 is 0 Å². The summed E-state index contributed by atoms with van der Waals surface area (Å²) in [5, 5.41) is 0. The van der Waals surface area contributed by atoms with Crippen LogP contribution in [-0.2, 0) is 9.53 Å². The van der Waals surface area contributed by atoms with E-state index in [1.54, 1.807) is 0 Å². The molecule has 2 N–H and O–H groups in total. The largest absolute Gasteiger partial charge is 0.462 e. The molecule has 0 saturated heterocycles. The Morgan fingerprint density at radius 2 is 1.94 bits per heavy atom. The van der Waals surface area contributed by atoms with Gasteiger partial charge in [0.25, 0.3) is 0 Å². The number of ether oxygens (including phenoxy) is 1. The van der Waals surface area contributed by atoms with Gasteiger partial charge in [0, 0.05) is 5.54 Å². The van der Waals surface area contributed by atoms with Gasteiger partial charge in [-0.1, -0.05) is 13.8 Å². The number of nitrogens with two attached hydrogens (primary N) is 1. The van der Waals surface area contributed by atoms with Gasteiger partial charge >= 0.3 is 5.97 Å². The molecule has 94 valence electrons. The molecule has 0 aromatic carbocycles. The number of rotatable bonds is 3. The molecule has 1 aliphatic carbocycles. The molecule has 0 spiro atoms. The molecule has 0 bridgehead atoms. The normalized spacial score (nSPS) is 31.2. The second kappa shape index (κ2) is 5.17. The summed E-state index contributed by atoms with van der Waals surface area (Å²) in [7, 11) is 0. The van der Waals surface area contributed by atoms with E-state index in [9.17, 15) is 4.79 Å². The van der Waals surface area contributed by atoms with E-state index < -0.39 is 5.54 Å². The summed E-state index contributed by atoms with van der Waals surface area (Å²) in [5.74, 6) is 1.25. The van der Waals surface area contributed by atoms with Crippen LogP contribution in [0.4, 0.5) is 0 Å². The monoisotopic (exact) mass is 227 g/mol. The second-order valence-corrected chi connectivity index (χ2v) is 6.04. The van der Waals surface area contributed by atoms with E-state index in [0.29, 0.717) is 12.3 Å². The molecule has 0 aromatic heterocycles. The van der Waals surface area contributed by atoms with Crippen molar-refractivity contribution < 1.29 is 9.53 Å². The fraction of sp³-hybridized carbons (Fsp3) is 0.923. The predicted octanol–water partition coefficient (Wildman–Crippen LogP) is 2.48. The maximum absolute atomic E-state index is 11.6. The summed E-state index contributed by atoms with van der Waals surface area (Å²) in [6.07, 6.45) is 3.57. The van der Waals surface area contributed by atoms with Gasteiger partial charge in [-0.3, -0.25) is 4.79 Å². The van der Waals surface area contributed by atoms with Crippen molar-refractivity contribution in [2.45, 2.75) is 65.0 Å². The van der Waals surface area contributed by atoms with Gasteiger partial charge in [-0.15, -0.1) is 0 Å². The molecule has 0 heterocycles. The number of hydrogen-bond acceptors (Lipinski definition) is 3. The van der Waals surface area contributed by atoms with Crippen molar-refractivity contribution >= 4 is 5.97 Å². The van der Waals surface area contributed by atoms with E-state index in [2.05, 4.69) is 13.8 Å². The van der Waals surface area contributed by atoms with E-state index in [1.807, 2.05) is 13.8 Å². The van der Waals surface area contributed by atoms with Gasteiger partial charge in [-0.25, -0.2) is 0 Å². The van der Waals surface area contributed by atoms with E-state index in [1.165, 1.54) is 0 Å². The molecular weight excluding hydrogens is 202 g/mol. The maximum Gasteiger partial charge on any atom is 0.307 e. The highest BCUT2D eigenvalue weighted by Crippen LogP contribution is 2.31. The SMILES string of the molecule is CC1CCC(OC(=O)CC(C)(C)N)CC1C. The maximum atomic E-state index is 11.6. The summed E-state index contributed by atoms with van der Waals surface area (Å²) >= 11 is 0. The molecule has 3 atom stereocenters. The molecule has 1 saturated carbocycles. The van der Waals surface area contributed by atoms with Gasteiger partial charge in [0.2, 0.25) is 0 Å². The molecule has 0 aliphatic heterocycles. The number of hydrogen-bond donors (Lipinski definition) is 1. The van der Waals surface area contributed by atoms with Gasteiger partial charge in [0.1, 0.15) is 6.10 Å². The van der Waals surface area contributed by atoms with Gasteiger partial charge < -0.3 is 10.5 Å². The molecule has 16 heavy (non-hydrogen) atoms. The Morgan fingerprint density at radius 1 is 1.31 bits per heavy atom. The molecule has 3 heteroatoms. The molecule has 3 unspecified atom stereocenters. The first-order chi connectivity index (χ1) is 7.28. The highest BCUT2D eigenvalue weighted by atomic mass is 16.5. The van der Waals surface area contributed by atoms with E-state index in [4.69, 9.17) is 10.5 Å². The van der Waals surface area contributed by atoms with Gasteiger partial charge in [-0.05, 0) is 44.9 Å². The molecule has 3 nitrogen and oxygen atoms in total. The molecule has 1 rings (SSSR count). The fourth-order valence-corrected chi connectivity index (χ4v) is 2.20. The van der Waals surface area contributed by atoms with Crippen molar-refractivity contribution in [1.82, 2.24) is 0 Å². The second-order valence-electron chi connectivity index (χ2n) is 6.04. The van der Waals surface area contributed by atoms with Crippen molar-refractivity contribution in [2.75, 3.05) is 0 Å². The third kappa shape index (κ3) is 4.52. The lowest BCUT2D eigenvalue weighted by Crippen LogP contribution is -2.37. The Hall–Kier alpha value is -0.570. The highest BCUT2D eigenvalue weighted by Gasteiger charge is 2.28. The van der Waals surface area contributed by atoms with Crippen LogP contribution in [0.5, 0.6) is 0 Å². The number of carbonyl (C=O) groups excluding carboxylic acids is 1. The Morgan fingerprint density at radius 3 is 2.44 bits per heavy atom. The topological polar surface area (TPSA) is 52.3 Å². The molecule has 0 aromatic rings. The molecule has 1 fully saturated rings. The first-order valence-electron chi connectivity index (χ1n) is 6.26. The lowest BCUT2D eigenvalue weighted by atomic mass is 9.80. The average Bonchev–Trinajstić information content (AvgIpc) is 2.08. The first-order valence-corrected chi connectivity index (χ1v) is 6.26. The van der Waals surface area contributed by atoms with Crippen LogP contribution in [0.1, 0.15) is 53.4 Å². The Balaban J connectivity index is 2.35. The summed E-state index contributed by atoms with van der Waals surface area (Å²) in [6, 6.07) is 0. The smallest absolute Gasteiger partial charge is 0.307 e. The van der Waals surface area contributed by atoms with Crippen LogP contribution in [0.2, 0.25) is 0 Å². The van der Waals surface area contributed by atoms with E-state index in [-0.39, 0.29) is 12.1 Å². The number of esters is 1. The lowest BCUT2D eigenvalue weighted by Gasteiger charge is -2.32. The minimum Gasteiger partial charge on any atom is -0.462 e. The fourth-order valence-electron chi connectivity index (χ4n) is 2.20. The number of carbonyl (C=O) groups is 1. The third-order valence-electron chi connectivity index (χ3n) is 3.45. The van der Waals surface area contributed by atoms with Crippen molar-refractivity contribution in [3.63, 3.8) is 0 Å². The molecule has 1 aliphatic rings. The zero-order chi connectivity index (χ0) is 12.3. The lowest BCUT2D eigenvalue weighted by molar-refractivity contribution is -0.152. The Bertz CT molecular complexity index is 245. The van der Waals surface area contributed by atoms with Crippen molar-refractivity contribution in [1.29, 1.82) is 0 Å². The Kier molecular flexibility index (Phi) is 4.36. The third-order valence-corrected chi connectivity index (χ3v) is 3.45. The van der Waals surface area contributed by atoms with Crippen LogP contribution in [-0.4, -0.2) is 17.6 Å². The van der Waals surface area contributed by atoms with Crippen LogP contribution in [0.3, 0.4) is 0 Å². The quantitative estimate of drug-likeness (QED) is 0.754. The predicted molar refractivity (Wildman–Crippen MR) is 64.9 cm³/mol. The standard InChI is InChI=1S/C13H25NO2/c1-9-5-6-11(7-10(9)2)16-12(15)8-13(3,4)14/h9-11H,5-8,14H2,1-4H3. The molecule has 0 radical (unpaired) electrons. The molecular formula is C13H25NO2. The van der Waals surface area contributed by atoms with Gasteiger partial charge in [0.05, 0.1) is 6.42 Å². The average molecular weight is 227 g/mol. The zero-order valence-electron chi connectivity index (χ0n) is 11.0. The van der Waals surface area contributed by atoms with E-state index >= 15 is 0 Å². The van der Waals surface area contributed by atoms with E-state index in [0.717, 1.165) is 25.2 Å².